The van der Waals surface area contributed by atoms with Gasteiger partial charge >= 0.3 is 0 Å². The Hall–Kier alpha value is -1.66. The first kappa shape index (κ1) is 18.1. The van der Waals surface area contributed by atoms with E-state index in [-0.39, 0.29) is 18.1 Å². The Morgan fingerprint density at radius 3 is 2.72 bits per heavy atom. The van der Waals surface area contributed by atoms with Crippen molar-refractivity contribution in [1.82, 2.24) is 14.8 Å². The van der Waals surface area contributed by atoms with Gasteiger partial charge in [0.2, 0.25) is 5.88 Å². The molecule has 1 amide bonds. The van der Waals surface area contributed by atoms with Crippen molar-refractivity contribution in [2.75, 3.05) is 32.8 Å². The molecule has 0 aromatic carbocycles. The zero-order chi connectivity index (χ0) is 17.8. The van der Waals surface area contributed by atoms with Gasteiger partial charge in [0.15, 0.2) is 0 Å². The molecule has 2 atom stereocenters. The summed E-state index contributed by atoms with van der Waals surface area (Å²) in [7, 11) is 0. The van der Waals surface area contributed by atoms with Crippen molar-refractivity contribution in [3.05, 3.63) is 23.9 Å². The molecule has 1 aliphatic heterocycles. The number of aliphatic hydroxyl groups excluding tert-OH is 1. The van der Waals surface area contributed by atoms with Gasteiger partial charge in [-0.3, -0.25) is 9.69 Å². The van der Waals surface area contributed by atoms with Gasteiger partial charge < -0.3 is 14.7 Å². The summed E-state index contributed by atoms with van der Waals surface area (Å²) in [6, 6.07) is 3.83. The molecule has 0 spiro atoms. The zero-order valence-electron chi connectivity index (χ0n) is 15.2. The number of carbonyl (C=O) groups excluding carboxylic acids is 1. The largest absolute Gasteiger partial charge is 0.477 e. The first-order chi connectivity index (χ1) is 12.1. The SMILES string of the molecule is CC(C)COc1ncccc1C(=O)N1CCN([C@@H]2CCC[C@H]2O)CC1. The highest BCUT2D eigenvalue weighted by molar-refractivity contribution is 5.96. The minimum atomic E-state index is -0.211. The summed E-state index contributed by atoms with van der Waals surface area (Å²) in [6.45, 7) is 7.68. The van der Waals surface area contributed by atoms with Crippen LogP contribution >= 0.6 is 0 Å². The third-order valence-corrected chi connectivity index (χ3v) is 5.07. The molecule has 1 aromatic heterocycles. The molecule has 1 N–H and O–H groups in total. The minimum absolute atomic E-state index is 0.0153. The molecule has 0 unspecified atom stereocenters. The van der Waals surface area contributed by atoms with Crippen LogP contribution in [-0.4, -0.2) is 70.7 Å². The molecule has 25 heavy (non-hydrogen) atoms. The van der Waals surface area contributed by atoms with E-state index >= 15 is 0 Å². The second kappa shape index (κ2) is 8.15. The standard InChI is InChI=1S/C19H29N3O3/c1-14(2)13-25-18-15(5-4-8-20-18)19(24)22-11-9-21(10-12-22)16-6-3-7-17(16)23/h4-5,8,14,16-17,23H,3,6-7,9-13H2,1-2H3/t16-,17-/m1/s1. The average Bonchev–Trinajstić information content (AvgIpc) is 3.06. The molecule has 6 heteroatoms. The average molecular weight is 347 g/mol. The Labute approximate surface area is 149 Å². The highest BCUT2D eigenvalue weighted by Gasteiger charge is 2.33. The lowest BCUT2D eigenvalue weighted by molar-refractivity contribution is 0.0313. The summed E-state index contributed by atoms with van der Waals surface area (Å²) in [5.41, 5.74) is 0.539. The van der Waals surface area contributed by atoms with Gasteiger partial charge in [0.25, 0.3) is 5.91 Å². The summed E-state index contributed by atoms with van der Waals surface area (Å²) in [5, 5.41) is 10.1. The van der Waals surface area contributed by atoms with Gasteiger partial charge in [0.1, 0.15) is 5.56 Å². The molecule has 2 heterocycles. The fourth-order valence-electron chi connectivity index (χ4n) is 3.69. The molecule has 1 saturated carbocycles. The zero-order valence-corrected chi connectivity index (χ0v) is 15.2. The van der Waals surface area contributed by atoms with Crippen molar-refractivity contribution in [1.29, 1.82) is 0 Å². The van der Waals surface area contributed by atoms with Gasteiger partial charge in [-0.25, -0.2) is 4.98 Å². The molecule has 1 aliphatic carbocycles. The second-order valence-electron chi connectivity index (χ2n) is 7.45. The fraction of sp³-hybridized carbons (Fsp3) is 0.684. The van der Waals surface area contributed by atoms with E-state index in [1.165, 1.54) is 0 Å². The lowest BCUT2D eigenvalue weighted by Crippen LogP contribution is -2.53. The molecule has 1 saturated heterocycles. The summed E-state index contributed by atoms with van der Waals surface area (Å²) < 4.78 is 5.72. The Morgan fingerprint density at radius 1 is 1.32 bits per heavy atom. The first-order valence-electron chi connectivity index (χ1n) is 9.35. The van der Waals surface area contributed by atoms with Crippen LogP contribution < -0.4 is 4.74 Å². The molecule has 0 bridgehead atoms. The molecule has 2 aliphatic rings. The van der Waals surface area contributed by atoms with Crippen molar-refractivity contribution in [2.24, 2.45) is 5.92 Å². The predicted molar refractivity (Wildman–Crippen MR) is 95.7 cm³/mol. The number of hydrogen-bond donors (Lipinski definition) is 1. The van der Waals surface area contributed by atoms with Gasteiger partial charge in [0, 0.05) is 38.4 Å². The van der Waals surface area contributed by atoms with E-state index in [4.69, 9.17) is 4.74 Å². The molecular weight excluding hydrogens is 318 g/mol. The monoisotopic (exact) mass is 347 g/mol. The Bertz CT molecular complexity index is 585. The van der Waals surface area contributed by atoms with Crippen LogP contribution in [0.1, 0.15) is 43.5 Å². The Kier molecular flexibility index (Phi) is 5.91. The van der Waals surface area contributed by atoms with E-state index in [1.54, 1.807) is 18.3 Å². The van der Waals surface area contributed by atoms with Crippen molar-refractivity contribution in [2.45, 2.75) is 45.3 Å². The number of carbonyl (C=O) groups is 1. The van der Waals surface area contributed by atoms with Crippen LogP contribution in [0.5, 0.6) is 5.88 Å². The Balaban J connectivity index is 1.61. The van der Waals surface area contributed by atoms with Gasteiger partial charge in [-0.15, -0.1) is 0 Å². The van der Waals surface area contributed by atoms with Gasteiger partial charge in [0.05, 0.1) is 12.7 Å². The molecule has 2 fully saturated rings. The third-order valence-electron chi connectivity index (χ3n) is 5.07. The molecular formula is C19H29N3O3. The van der Waals surface area contributed by atoms with Crippen LogP contribution in [0.3, 0.4) is 0 Å². The quantitative estimate of drug-likeness (QED) is 0.880. The summed E-state index contributed by atoms with van der Waals surface area (Å²) in [6.07, 6.45) is 4.50. The summed E-state index contributed by atoms with van der Waals surface area (Å²) >= 11 is 0. The van der Waals surface area contributed by atoms with Crippen LogP contribution in [0.15, 0.2) is 18.3 Å². The highest BCUT2D eigenvalue weighted by atomic mass is 16.5. The number of aliphatic hydroxyl groups is 1. The molecule has 6 nitrogen and oxygen atoms in total. The molecule has 0 radical (unpaired) electrons. The first-order valence-corrected chi connectivity index (χ1v) is 9.35. The van der Waals surface area contributed by atoms with E-state index < -0.39 is 0 Å². The third kappa shape index (κ3) is 4.30. The predicted octanol–water partition coefficient (Wildman–Crippen LogP) is 1.79. The number of amides is 1. The van der Waals surface area contributed by atoms with Crippen molar-refractivity contribution in [3.8, 4) is 5.88 Å². The van der Waals surface area contributed by atoms with Crippen molar-refractivity contribution < 1.29 is 14.6 Å². The minimum Gasteiger partial charge on any atom is -0.477 e. The number of pyridine rings is 1. The van der Waals surface area contributed by atoms with Gasteiger partial charge in [-0.05, 0) is 37.3 Å². The van der Waals surface area contributed by atoms with Crippen LogP contribution in [0.25, 0.3) is 0 Å². The highest BCUT2D eigenvalue weighted by Crippen LogP contribution is 2.26. The second-order valence-corrected chi connectivity index (χ2v) is 7.45. The van der Waals surface area contributed by atoms with Gasteiger partial charge in [-0.2, -0.15) is 0 Å². The van der Waals surface area contributed by atoms with Crippen molar-refractivity contribution >= 4 is 5.91 Å². The summed E-state index contributed by atoms with van der Waals surface area (Å²) in [5.74, 6) is 0.791. The van der Waals surface area contributed by atoms with E-state index in [9.17, 15) is 9.90 Å². The van der Waals surface area contributed by atoms with Gasteiger partial charge in [-0.1, -0.05) is 13.8 Å². The van der Waals surface area contributed by atoms with Crippen molar-refractivity contribution in [3.63, 3.8) is 0 Å². The number of rotatable bonds is 5. The number of piperazine rings is 1. The number of ether oxygens (including phenoxy) is 1. The van der Waals surface area contributed by atoms with E-state index in [0.717, 1.165) is 32.4 Å². The lowest BCUT2D eigenvalue weighted by atomic mass is 10.1. The number of hydrogen-bond acceptors (Lipinski definition) is 5. The molecule has 138 valence electrons. The van der Waals surface area contributed by atoms with E-state index in [1.807, 2.05) is 4.90 Å². The smallest absolute Gasteiger partial charge is 0.259 e. The molecule has 1 aromatic rings. The topological polar surface area (TPSA) is 65.9 Å². The van der Waals surface area contributed by atoms with Crippen LogP contribution in [0.2, 0.25) is 0 Å². The van der Waals surface area contributed by atoms with Crippen LogP contribution in [0.4, 0.5) is 0 Å². The fourth-order valence-corrected chi connectivity index (χ4v) is 3.69. The number of nitrogens with zero attached hydrogens (tertiary/aromatic N) is 3. The number of aromatic nitrogens is 1. The maximum Gasteiger partial charge on any atom is 0.259 e. The maximum absolute atomic E-state index is 12.9. The normalized spacial score (nSPS) is 24.7. The molecule has 3 rings (SSSR count). The van der Waals surface area contributed by atoms with E-state index in [0.29, 0.717) is 37.1 Å². The van der Waals surface area contributed by atoms with Crippen LogP contribution in [-0.2, 0) is 0 Å². The van der Waals surface area contributed by atoms with Crippen LogP contribution in [0, 0.1) is 5.92 Å². The summed E-state index contributed by atoms with van der Waals surface area (Å²) in [4.78, 5) is 21.3. The Morgan fingerprint density at radius 2 is 2.08 bits per heavy atom. The van der Waals surface area contributed by atoms with E-state index in [2.05, 4.69) is 23.7 Å². The maximum atomic E-state index is 12.9. The lowest BCUT2D eigenvalue weighted by Gasteiger charge is -2.39.